The van der Waals surface area contributed by atoms with E-state index in [2.05, 4.69) is 19.2 Å². The number of hydrogen-bond acceptors (Lipinski definition) is 2. The van der Waals surface area contributed by atoms with Gasteiger partial charge in [0.15, 0.2) is 0 Å². The first-order valence-corrected chi connectivity index (χ1v) is 7.55. The van der Waals surface area contributed by atoms with Crippen LogP contribution < -0.4 is 11.1 Å². The molecule has 0 aliphatic carbocycles. The van der Waals surface area contributed by atoms with E-state index in [0.29, 0.717) is 23.9 Å². The molecule has 0 radical (unpaired) electrons. The van der Waals surface area contributed by atoms with Gasteiger partial charge in [0.05, 0.1) is 6.04 Å². The Morgan fingerprint density at radius 2 is 2.05 bits per heavy atom. The molecule has 4 heteroatoms. The summed E-state index contributed by atoms with van der Waals surface area (Å²) < 4.78 is 0. The molecule has 0 aliphatic rings. The Kier molecular flexibility index (Phi) is 7.03. The van der Waals surface area contributed by atoms with Gasteiger partial charge in [-0.05, 0) is 49.4 Å². The molecule has 3 nitrogen and oxygen atoms in total. The van der Waals surface area contributed by atoms with Crippen molar-refractivity contribution in [2.45, 2.75) is 39.7 Å². The topological polar surface area (TPSA) is 55.1 Å². The van der Waals surface area contributed by atoms with Crippen molar-refractivity contribution < 1.29 is 4.79 Å². The molecule has 2 atom stereocenters. The highest BCUT2D eigenvalue weighted by atomic mass is 35.5. The van der Waals surface area contributed by atoms with Gasteiger partial charge in [-0.3, -0.25) is 4.79 Å². The van der Waals surface area contributed by atoms with Gasteiger partial charge >= 0.3 is 0 Å². The fraction of sp³-hybridized carbons (Fsp3) is 0.562. The predicted octanol–water partition coefficient (Wildman–Crippen LogP) is 3.53. The number of nitrogens with two attached hydrogens (primary N) is 1. The van der Waals surface area contributed by atoms with Crippen LogP contribution in [0.1, 0.15) is 45.2 Å². The van der Waals surface area contributed by atoms with Crippen LogP contribution >= 0.6 is 11.6 Å². The summed E-state index contributed by atoms with van der Waals surface area (Å²) in [5.74, 6) is 0.858. The number of rotatable bonds is 7. The van der Waals surface area contributed by atoms with Crippen LogP contribution in [0.25, 0.3) is 0 Å². The van der Waals surface area contributed by atoms with Crippen molar-refractivity contribution in [2.24, 2.45) is 17.6 Å². The van der Waals surface area contributed by atoms with E-state index in [1.807, 2.05) is 31.2 Å². The second-order valence-corrected chi connectivity index (χ2v) is 6.22. The van der Waals surface area contributed by atoms with Gasteiger partial charge in [0, 0.05) is 11.4 Å². The van der Waals surface area contributed by atoms with E-state index in [4.69, 9.17) is 17.3 Å². The Balaban J connectivity index is 2.53. The molecule has 1 amide bonds. The Bertz CT molecular complexity index is 434. The molecule has 0 heterocycles. The quantitative estimate of drug-likeness (QED) is 0.809. The van der Waals surface area contributed by atoms with Gasteiger partial charge in [0.1, 0.15) is 0 Å². The van der Waals surface area contributed by atoms with Crippen LogP contribution in [0, 0.1) is 11.8 Å². The van der Waals surface area contributed by atoms with Crippen molar-refractivity contribution in [1.82, 2.24) is 5.32 Å². The lowest BCUT2D eigenvalue weighted by molar-refractivity contribution is -0.122. The van der Waals surface area contributed by atoms with E-state index in [1.54, 1.807) is 0 Å². The lowest BCUT2D eigenvalue weighted by Crippen LogP contribution is -2.30. The third-order valence-electron chi connectivity index (χ3n) is 3.34. The third-order valence-corrected chi connectivity index (χ3v) is 3.57. The van der Waals surface area contributed by atoms with E-state index < -0.39 is 0 Å². The molecule has 0 fully saturated rings. The molecule has 1 aromatic rings. The first-order valence-electron chi connectivity index (χ1n) is 7.17. The number of amides is 1. The molecule has 0 saturated carbocycles. The van der Waals surface area contributed by atoms with Crippen molar-refractivity contribution >= 4 is 17.5 Å². The minimum Gasteiger partial charge on any atom is -0.350 e. The Labute approximate surface area is 126 Å². The smallest absolute Gasteiger partial charge is 0.220 e. The zero-order chi connectivity index (χ0) is 15.1. The van der Waals surface area contributed by atoms with Gasteiger partial charge in [-0.1, -0.05) is 37.6 Å². The van der Waals surface area contributed by atoms with E-state index in [-0.39, 0.29) is 17.9 Å². The normalized spacial score (nSPS) is 14.1. The minimum absolute atomic E-state index is 0.0429. The Morgan fingerprint density at radius 3 is 2.60 bits per heavy atom. The number of carbonyl (C=O) groups excluding carboxylic acids is 1. The first-order chi connectivity index (χ1) is 9.42. The van der Waals surface area contributed by atoms with Crippen LogP contribution in [-0.2, 0) is 4.79 Å². The number of benzene rings is 1. The van der Waals surface area contributed by atoms with Gasteiger partial charge in [0.25, 0.3) is 0 Å². The molecule has 0 spiro atoms. The molecule has 0 aliphatic heterocycles. The highest BCUT2D eigenvalue weighted by Crippen LogP contribution is 2.19. The molecular weight excluding hydrogens is 272 g/mol. The summed E-state index contributed by atoms with van der Waals surface area (Å²) in [6, 6.07) is 7.51. The fourth-order valence-corrected chi connectivity index (χ4v) is 2.55. The lowest BCUT2D eigenvalue weighted by Gasteiger charge is -2.19. The van der Waals surface area contributed by atoms with Crippen LogP contribution in [0.4, 0.5) is 0 Å². The molecule has 0 bridgehead atoms. The molecule has 112 valence electrons. The maximum absolute atomic E-state index is 12.1. The number of halogens is 1. The monoisotopic (exact) mass is 296 g/mol. The van der Waals surface area contributed by atoms with Gasteiger partial charge in [-0.25, -0.2) is 0 Å². The Morgan fingerprint density at radius 1 is 1.35 bits per heavy atom. The molecule has 0 saturated heterocycles. The Hall–Kier alpha value is -1.06. The molecular formula is C16H25ClN2O. The number of hydrogen-bond donors (Lipinski definition) is 2. The average Bonchev–Trinajstić information content (AvgIpc) is 2.37. The largest absolute Gasteiger partial charge is 0.350 e. The van der Waals surface area contributed by atoms with Crippen molar-refractivity contribution in [3.05, 3.63) is 34.9 Å². The van der Waals surface area contributed by atoms with Crippen molar-refractivity contribution in [2.75, 3.05) is 6.54 Å². The van der Waals surface area contributed by atoms with Crippen molar-refractivity contribution in [1.29, 1.82) is 0 Å². The van der Waals surface area contributed by atoms with Gasteiger partial charge in [-0.15, -0.1) is 0 Å². The number of nitrogens with one attached hydrogen (secondary N) is 1. The zero-order valence-electron chi connectivity index (χ0n) is 12.5. The van der Waals surface area contributed by atoms with E-state index in [9.17, 15) is 4.79 Å². The molecule has 1 aromatic carbocycles. The summed E-state index contributed by atoms with van der Waals surface area (Å²) in [6.07, 6.45) is 1.47. The minimum atomic E-state index is -0.0429. The second kappa shape index (κ2) is 8.28. The zero-order valence-corrected chi connectivity index (χ0v) is 13.3. The van der Waals surface area contributed by atoms with Crippen LogP contribution in [0.15, 0.2) is 24.3 Å². The molecule has 0 unspecified atom stereocenters. The van der Waals surface area contributed by atoms with Gasteiger partial charge in [0.2, 0.25) is 5.91 Å². The van der Waals surface area contributed by atoms with E-state index in [1.165, 1.54) is 0 Å². The molecule has 1 rings (SSSR count). The van der Waals surface area contributed by atoms with E-state index in [0.717, 1.165) is 12.0 Å². The standard InChI is InChI=1S/C16H25ClN2O/c1-11(2)7-13(10-18)8-16(20)19-12(3)14-5-4-6-15(17)9-14/h4-6,9,11-13H,7-8,10,18H2,1-3H3,(H,19,20)/t12-,13+/m1/s1. The maximum atomic E-state index is 12.1. The third kappa shape index (κ3) is 5.93. The van der Waals surface area contributed by atoms with Crippen LogP contribution in [0.2, 0.25) is 5.02 Å². The molecule has 20 heavy (non-hydrogen) atoms. The van der Waals surface area contributed by atoms with Gasteiger partial charge < -0.3 is 11.1 Å². The predicted molar refractivity (Wildman–Crippen MR) is 84.6 cm³/mol. The summed E-state index contributed by atoms with van der Waals surface area (Å²) >= 11 is 5.96. The van der Waals surface area contributed by atoms with Crippen LogP contribution in [0.3, 0.4) is 0 Å². The second-order valence-electron chi connectivity index (χ2n) is 5.78. The lowest BCUT2D eigenvalue weighted by atomic mass is 9.94. The fourth-order valence-electron chi connectivity index (χ4n) is 2.35. The maximum Gasteiger partial charge on any atom is 0.220 e. The summed E-state index contributed by atoms with van der Waals surface area (Å²) in [4.78, 5) is 12.1. The van der Waals surface area contributed by atoms with Gasteiger partial charge in [-0.2, -0.15) is 0 Å². The summed E-state index contributed by atoms with van der Waals surface area (Å²) in [5.41, 5.74) is 6.75. The average molecular weight is 297 g/mol. The highest BCUT2D eigenvalue weighted by molar-refractivity contribution is 6.30. The summed E-state index contributed by atoms with van der Waals surface area (Å²) in [7, 11) is 0. The molecule has 3 N–H and O–H groups in total. The number of carbonyl (C=O) groups is 1. The van der Waals surface area contributed by atoms with Crippen LogP contribution in [0.5, 0.6) is 0 Å². The van der Waals surface area contributed by atoms with E-state index >= 15 is 0 Å². The van der Waals surface area contributed by atoms with Crippen molar-refractivity contribution in [3.63, 3.8) is 0 Å². The summed E-state index contributed by atoms with van der Waals surface area (Å²) in [5, 5.41) is 3.69. The highest BCUT2D eigenvalue weighted by Gasteiger charge is 2.16. The molecule has 0 aromatic heterocycles. The first kappa shape index (κ1) is 17.0. The SMILES string of the molecule is CC(C)C[C@H](CN)CC(=O)N[C@H](C)c1cccc(Cl)c1. The van der Waals surface area contributed by atoms with Crippen LogP contribution in [-0.4, -0.2) is 12.5 Å². The van der Waals surface area contributed by atoms with Crippen molar-refractivity contribution in [3.8, 4) is 0 Å². The summed E-state index contributed by atoms with van der Waals surface area (Å²) in [6.45, 7) is 6.81.